The Hall–Kier alpha value is -2.18. The number of sulfonamides is 1. The van der Waals surface area contributed by atoms with E-state index in [0.29, 0.717) is 18.7 Å². The number of nitrogens with one attached hydrogen (secondary N) is 1. The molecule has 0 unspecified atom stereocenters. The molecule has 1 N–H and O–H groups in total. The highest BCUT2D eigenvalue weighted by molar-refractivity contribution is 7.89. The van der Waals surface area contributed by atoms with Gasteiger partial charge in [-0.1, -0.05) is 30.3 Å². The van der Waals surface area contributed by atoms with Gasteiger partial charge < -0.3 is 5.32 Å². The van der Waals surface area contributed by atoms with Gasteiger partial charge in [-0.3, -0.25) is 4.79 Å². The van der Waals surface area contributed by atoms with Crippen LogP contribution in [0.15, 0.2) is 59.5 Å². The first kappa shape index (κ1) is 16.7. The fourth-order valence-electron chi connectivity index (χ4n) is 2.85. The van der Waals surface area contributed by atoms with E-state index in [0.717, 1.165) is 12.1 Å². The van der Waals surface area contributed by atoms with Crippen molar-refractivity contribution in [2.45, 2.75) is 24.3 Å². The van der Waals surface area contributed by atoms with Gasteiger partial charge in [-0.15, -0.1) is 0 Å². The van der Waals surface area contributed by atoms with E-state index in [2.05, 4.69) is 5.32 Å². The molecule has 1 aliphatic rings. The number of ketones is 1. The highest BCUT2D eigenvalue weighted by Crippen LogP contribution is 2.23. The summed E-state index contributed by atoms with van der Waals surface area (Å²) in [5.41, 5.74) is 1.51. The van der Waals surface area contributed by atoms with Crippen molar-refractivity contribution in [2.75, 3.05) is 18.4 Å². The molecule has 0 aromatic heterocycles. The lowest BCUT2D eigenvalue weighted by molar-refractivity contribution is 0.101. The van der Waals surface area contributed by atoms with E-state index in [-0.39, 0.29) is 16.7 Å². The van der Waals surface area contributed by atoms with Crippen LogP contribution in [-0.4, -0.2) is 37.6 Å². The first-order valence-corrected chi connectivity index (χ1v) is 9.33. The first-order chi connectivity index (χ1) is 11.5. The number of para-hydroxylation sites is 1. The van der Waals surface area contributed by atoms with Crippen LogP contribution in [0.2, 0.25) is 0 Å². The molecule has 24 heavy (non-hydrogen) atoms. The summed E-state index contributed by atoms with van der Waals surface area (Å²) in [6.07, 6.45) is 0.764. The summed E-state index contributed by atoms with van der Waals surface area (Å²) in [4.78, 5) is 11.5. The van der Waals surface area contributed by atoms with Gasteiger partial charge in [0.25, 0.3) is 0 Å². The molecule has 1 saturated heterocycles. The van der Waals surface area contributed by atoms with Gasteiger partial charge >= 0.3 is 0 Å². The Morgan fingerprint density at radius 2 is 1.75 bits per heavy atom. The van der Waals surface area contributed by atoms with Crippen molar-refractivity contribution in [3.63, 3.8) is 0 Å². The molecule has 3 rings (SSSR count). The normalized spacial score (nSPS) is 18.5. The van der Waals surface area contributed by atoms with Crippen LogP contribution in [0.4, 0.5) is 5.69 Å². The molecule has 2 aromatic carbocycles. The molecule has 1 fully saturated rings. The lowest BCUT2D eigenvalue weighted by atomic mass is 10.2. The predicted octanol–water partition coefficient (Wildman–Crippen LogP) is 2.76. The summed E-state index contributed by atoms with van der Waals surface area (Å²) in [5.74, 6) is -0.0766. The molecule has 0 radical (unpaired) electrons. The Labute approximate surface area is 142 Å². The highest BCUT2D eigenvalue weighted by atomic mass is 32.2. The molecule has 126 valence electrons. The molecule has 0 bridgehead atoms. The lowest BCUT2D eigenvalue weighted by Crippen LogP contribution is -2.31. The maximum atomic E-state index is 12.7. The summed E-state index contributed by atoms with van der Waals surface area (Å²) >= 11 is 0. The van der Waals surface area contributed by atoms with Gasteiger partial charge in [0.15, 0.2) is 5.78 Å². The lowest BCUT2D eigenvalue weighted by Gasteiger charge is -2.18. The summed E-state index contributed by atoms with van der Waals surface area (Å²) in [7, 11) is -3.52. The van der Waals surface area contributed by atoms with Crippen LogP contribution in [0.25, 0.3) is 0 Å². The molecular weight excluding hydrogens is 324 g/mol. The average molecular weight is 344 g/mol. The van der Waals surface area contributed by atoms with Crippen LogP contribution in [0.1, 0.15) is 23.7 Å². The van der Waals surface area contributed by atoms with Crippen LogP contribution in [0.3, 0.4) is 0 Å². The fraction of sp³-hybridized carbons (Fsp3) is 0.278. The molecule has 0 amide bonds. The molecule has 1 heterocycles. The standard InChI is InChI=1S/C18H20N2O3S/c1-14(21)15-7-9-18(10-8-15)24(22,23)20-12-11-17(13-20)19-16-5-3-2-4-6-16/h2-10,17,19H,11-13H2,1H3/t17-/m1/s1. The smallest absolute Gasteiger partial charge is 0.243 e. The number of hydrogen-bond donors (Lipinski definition) is 1. The summed E-state index contributed by atoms with van der Waals surface area (Å²) < 4.78 is 27.0. The second-order valence-corrected chi connectivity index (χ2v) is 7.88. The van der Waals surface area contributed by atoms with Crippen molar-refractivity contribution < 1.29 is 13.2 Å². The molecule has 0 spiro atoms. The van der Waals surface area contributed by atoms with Gasteiger partial charge in [0.05, 0.1) is 4.90 Å². The third kappa shape index (κ3) is 3.49. The molecule has 0 saturated carbocycles. The van der Waals surface area contributed by atoms with Crippen molar-refractivity contribution in [3.8, 4) is 0 Å². The number of benzene rings is 2. The summed E-state index contributed by atoms with van der Waals surface area (Å²) in [6, 6.07) is 16.0. The van der Waals surface area contributed by atoms with Crippen LogP contribution in [-0.2, 0) is 10.0 Å². The van der Waals surface area contributed by atoms with Gasteiger partial charge in [0, 0.05) is 30.4 Å². The third-order valence-electron chi connectivity index (χ3n) is 4.19. The largest absolute Gasteiger partial charge is 0.381 e. The molecule has 6 heteroatoms. The second-order valence-electron chi connectivity index (χ2n) is 5.94. The van der Waals surface area contributed by atoms with Crippen LogP contribution in [0.5, 0.6) is 0 Å². The Morgan fingerprint density at radius 1 is 1.08 bits per heavy atom. The third-order valence-corrected chi connectivity index (χ3v) is 6.07. The number of Topliss-reactive ketones (excluding diaryl/α,β-unsaturated/α-hetero) is 1. The van der Waals surface area contributed by atoms with Crippen LogP contribution < -0.4 is 5.32 Å². The van der Waals surface area contributed by atoms with Crippen molar-refractivity contribution in [1.82, 2.24) is 4.31 Å². The minimum atomic E-state index is -3.52. The zero-order valence-electron chi connectivity index (χ0n) is 13.5. The monoisotopic (exact) mass is 344 g/mol. The van der Waals surface area contributed by atoms with E-state index in [9.17, 15) is 13.2 Å². The van der Waals surface area contributed by atoms with Gasteiger partial charge in [-0.2, -0.15) is 4.31 Å². The Bertz CT molecular complexity index is 817. The number of nitrogens with zero attached hydrogens (tertiary/aromatic N) is 1. The first-order valence-electron chi connectivity index (χ1n) is 7.89. The topological polar surface area (TPSA) is 66.5 Å². The summed E-state index contributed by atoms with van der Waals surface area (Å²) in [6.45, 7) is 2.39. The highest BCUT2D eigenvalue weighted by Gasteiger charge is 2.32. The van der Waals surface area contributed by atoms with Gasteiger partial charge in [0.2, 0.25) is 10.0 Å². The van der Waals surface area contributed by atoms with E-state index in [1.165, 1.54) is 23.4 Å². The van der Waals surface area contributed by atoms with Crippen molar-refractivity contribution in [1.29, 1.82) is 0 Å². The zero-order chi connectivity index (χ0) is 17.2. The molecular formula is C18H20N2O3S. The number of hydrogen-bond acceptors (Lipinski definition) is 4. The molecule has 0 aliphatic carbocycles. The minimum absolute atomic E-state index is 0.0766. The molecule has 5 nitrogen and oxygen atoms in total. The van der Waals surface area contributed by atoms with Crippen LogP contribution >= 0.6 is 0 Å². The Balaban J connectivity index is 1.71. The van der Waals surface area contributed by atoms with Crippen molar-refractivity contribution in [2.24, 2.45) is 0 Å². The zero-order valence-corrected chi connectivity index (χ0v) is 14.3. The SMILES string of the molecule is CC(=O)c1ccc(S(=O)(=O)N2CC[C@@H](Nc3ccccc3)C2)cc1. The number of carbonyl (C=O) groups is 1. The van der Waals surface area contributed by atoms with Crippen LogP contribution in [0, 0.1) is 0 Å². The number of anilines is 1. The maximum absolute atomic E-state index is 12.7. The number of rotatable bonds is 5. The maximum Gasteiger partial charge on any atom is 0.243 e. The van der Waals surface area contributed by atoms with Gasteiger partial charge in [-0.05, 0) is 37.6 Å². The Morgan fingerprint density at radius 3 is 2.38 bits per heavy atom. The van der Waals surface area contributed by atoms with E-state index >= 15 is 0 Å². The van der Waals surface area contributed by atoms with Crippen molar-refractivity contribution >= 4 is 21.5 Å². The van der Waals surface area contributed by atoms with E-state index in [1.807, 2.05) is 30.3 Å². The van der Waals surface area contributed by atoms with E-state index in [4.69, 9.17) is 0 Å². The fourth-order valence-corrected chi connectivity index (χ4v) is 4.35. The Kier molecular flexibility index (Phi) is 4.69. The summed E-state index contributed by atoms with van der Waals surface area (Å²) in [5, 5.41) is 3.37. The molecule has 1 atom stereocenters. The van der Waals surface area contributed by atoms with Gasteiger partial charge in [0.1, 0.15) is 0 Å². The van der Waals surface area contributed by atoms with Crippen molar-refractivity contribution in [3.05, 3.63) is 60.2 Å². The average Bonchev–Trinajstić information content (AvgIpc) is 3.05. The van der Waals surface area contributed by atoms with E-state index < -0.39 is 10.0 Å². The predicted molar refractivity (Wildman–Crippen MR) is 93.7 cm³/mol. The number of carbonyl (C=O) groups excluding carboxylic acids is 1. The quantitative estimate of drug-likeness (QED) is 0.847. The second kappa shape index (κ2) is 6.75. The van der Waals surface area contributed by atoms with Gasteiger partial charge in [-0.25, -0.2) is 8.42 Å². The molecule has 1 aliphatic heterocycles. The molecule has 2 aromatic rings. The minimum Gasteiger partial charge on any atom is -0.381 e. The van der Waals surface area contributed by atoms with E-state index in [1.54, 1.807) is 12.1 Å².